The van der Waals surface area contributed by atoms with E-state index in [4.69, 9.17) is 10.00 Å². The molecule has 41 heavy (non-hydrogen) atoms. The van der Waals surface area contributed by atoms with Gasteiger partial charge in [0, 0.05) is 50.2 Å². The van der Waals surface area contributed by atoms with E-state index in [2.05, 4.69) is 42.2 Å². The highest BCUT2D eigenvalue weighted by Gasteiger charge is 2.50. The Balaban J connectivity index is 1.31. The van der Waals surface area contributed by atoms with Crippen molar-refractivity contribution in [2.45, 2.75) is 38.1 Å². The number of nitrogens with zero attached hydrogens (tertiary/aromatic N) is 4. The smallest absolute Gasteiger partial charge is 0.410 e. The number of aryl methyl sites for hydroxylation is 1. The van der Waals surface area contributed by atoms with Gasteiger partial charge in [-0.15, -0.1) is 0 Å². The summed E-state index contributed by atoms with van der Waals surface area (Å²) in [6, 6.07) is 23.0. The van der Waals surface area contributed by atoms with E-state index in [1.165, 1.54) is 24.3 Å². The molecule has 2 amide bonds. The van der Waals surface area contributed by atoms with Gasteiger partial charge in [0.25, 0.3) is 0 Å². The molecule has 0 radical (unpaired) electrons. The van der Waals surface area contributed by atoms with Gasteiger partial charge in [0.1, 0.15) is 11.6 Å². The number of carbonyl (C=O) groups excluding carboxylic acids is 2. The number of hydrogen-bond acceptors (Lipinski definition) is 5. The SMILES string of the molecule is Cc1ccc([C@]2(C)CN(C(=O)C3CCN(c4ccc(C#N)cc4)CC3)C[C@H]2N(C)C(=O)Oc2ccc(F)cc2)cc1. The zero-order valence-electron chi connectivity index (χ0n) is 23.7. The first-order chi connectivity index (χ1) is 19.7. The molecule has 2 saturated heterocycles. The fourth-order valence-corrected chi connectivity index (χ4v) is 6.10. The first-order valence-corrected chi connectivity index (χ1v) is 14.0. The normalized spacial score (nSPS) is 20.9. The van der Waals surface area contributed by atoms with Crippen molar-refractivity contribution in [1.82, 2.24) is 9.80 Å². The minimum Gasteiger partial charge on any atom is -0.410 e. The third kappa shape index (κ3) is 5.90. The Hall–Kier alpha value is -4.38. The standard InChI is InChI=1S/C33H35FN4O3/c1-23-4-8-26(9-5-23)33(2)22-38(21-30(33)36(3)32(40)41-29-14-10-27(34)11-15-29)31(39)25-16-18-37(19-17-25)28-12-6-24(20-35)7-13-28/h4-15,25,30H,16-19,21-22H2,1-3H3/t30-,33+/m1/s1. The van der Waals surface area contributed by atoms with Gasteiger partial charge in [-0.25, -0.2) is 9.18 Å². The number of nitriles is 1. The van der Waals surface area contributed by atoms with Crippen molar-refractivity contribution in [2.24, 2.45) is 5.92 Å². The molecule has 2 aliphatic heterocycles. The molecule has 0 spiro atoms. The Labute approximate surface area is 240 Å². The monoisotopic (exact) mass is 554 g/mol. The molecular formula is C33H35FN4O3. The van der Waals surface area contributed by atoms with Gasteiger partial charge in [-0.1, -0.05) is 36.8 Å². The van der Waals surface area contributed by atoms with Crippen molar-refractivity contribution in [3.05, 3.63) is 95.3 Å². The quantitative estimate of drug-likeness (QED) is 0.415. The lowest BCUT2D eigenvalue weighted by Crippen LogP contribution is -2.50. The largest absolute Gasteiger partial charge is 0.415 e. The van der Waals surface area contributed by atoms with Crippen molar-refractivity contribution >= 4 is 17.7 Å². The molecule has 0 aromatic heterocycles. The van der Waals surface area contributed by atoms with E-state index in [0.29, 0.717) is 18.7 Å². The van der Waals surface area contributed by atoms with E-state index >= 15 is 0 Å². The van der Waals surface area contributed by atoms with E-state index in [-0.39, 0.29) is 23.6 Å². The van der Waals surface area contributed by atoms with E-state index in [1.54, 1.807) is 11.9 Å². The molecule has 3 aromatic rings. The van der Waals surface area contributed by atoms with Gasteiger partial charge < -0.3 is 19.4 Å². The first-order valence-electron chi connectivity index (χ1n) is 14.0. The number of carbonyl (C=O) groups is 2. The van der Waals surface area contributed by atoms with Crippen LogP contribution < -0.4 is 9.64 Å². The number of piperidine rings is 1. The summed E-state index contributed by atoms with van der Waals surface area (Å²) in [5.41, 5.74) is 3.37. The third-order valence-corrected chi connectivity index (χ3v) is 8.65. The number of ether oxygens (including phenoxy) is 1. The molecule has 2 atom stereocenters. The zero-order valence-corrected chi connectivity index (χ0v) is 23.7. The molecule has 5 rings (SSSR count). The summed E-state index contributed by atoms with van der Waals surface area (Å²) >= 11 is 0. The first kappa shape index (κ1) is 28.2. The summed E-state index contributed by atoms with van der Waals surface area (Å²) in [7, 11) is 1.70. The van der Waals surface area contributed by atoms with Crippen molar-refractivity contribution < 1.29 is 18.7 Å². The van der Waals surface area contributed by atoms with Crippen LogP contribution in [-0.2, 0) is 10.2 Å². The van der Waals surface area contributed by atoms with Crippen LogP contribution in [0.5, 0.6) is 5.75 Å². The highest BCUT2D eigenvalue weighted by molar-refractivity contribution is 5.80. The number of amides is 2. The van der Waals surface area contributed by atoms with E-state index in [9.17, 15) is 14.0 Å². The van der Waals surface area contributed by atoms with Gasteiger partial charge >= 0.3 is 6.09 Å². The maximum atomic E-state index is 13.9. The van der Waals surface area contributed by atoms with Crippen LogP contribution in [0.15, 0.2) is 72.8 Å². The number of likely N-dealkylation sites (tertiary alicyclic amines) is 1. The van der Waals surface area contributed by atoms with Gasteiger partial charge in [-0.05, 0) is 73.9 Å². The molecule has 7 nitrogen and oxygen atoms in total. The van der Waals surface area contributed by atoms with Gasteiger partial charge in [0.05, 0.1) is 17.7 Å². The van der Waals surface area contributed by atoms with Crippen LogP contribution in [0.25, 0.3) is 0 Å². The second-order valence-corrected chi connectivity index (χ2v) is 11.4. The average Bonchev–Trinajstić information content (AvgIpc) is 3.36. The average molecular weight is 555 g/mol. The number of likely N-dealkylation sites (N-methyl/N-ethyl adjacent to an activating group) is 1. The van der Waals surface area contributed by atoms with Gasteiger partial charge in [-0.3, -0.25) is 4.79 Å². The van der Waals surface area contributed by atoms with E-state index < -0.39 is 17.3 Å². The predicted molar refractivity (Wildman–Crippen MR) is 155 cm³/mol. The Morgan fingerprint density at radius 1 is 1.00 bits per heavy atom. The second-order valence-electron chi connectivity index (χ2n) is 11.4. The minimum atomic E-state index is -0.551. The highest BCUT2D eigenvalue weighted by Crippen LogP contribution is 2.39. The molecule has 8 heteroatoms. The maximum absolute atomic E-state index is 13.9. The molecular weight excluding hydrogens is 519 g/mol. The summed E-state index contributed by atoms with van der Waals surface area (Å²) in [4.78, 5) is 32.8. The summed E-state index contributed by atoms with van der Waals surface area (Å²) in [6.07, 6.45) is 0.929. The highest BCUT2D eigenvalue weighted by atomic mass is 19.1. The van der Waals surface area contributed by atoms with Crippen LogP contribution >= 0.6 is 0 Å². The molecule has 2 heterocycles. The van der Waals surface area contributed by atoms with Crippen molar-refractivity contribution in [1.29, 1.82) is 5.26 Å². The Morgan fingerprint density at radius 2 is 1.63 bits per heavy atom. The molecule has 0 unspecified atom stereocenters. The maximum Gasteiger partial charge on any atom is 0.415 e. The van der Waals surface area contributed by atoms with E-state index in [1.807, 2.05) is 36.1 Å². The van der Waals surface area contributed by atoms with Gasteiger partial charge in [0.2, 0.25) is 5.91 Å². The minimum absolute atomic E-state index is 0.0953. The lowest BCUT2D eigenvalue weighted by atomic mass is 9.77. The van der Waals surface area contributed by atoms with Crippen molar-refractivity contribution in [2.75, 3.05) is 38.1 Å². The lowest BCUT2D eigenvalue weighted by Gasteiger charge is -2.36. The molecule has 2 aliphatic rings. The molecule has 2 fully saturated rings. The number of benzene rings is 3. The summed E-state index contributed by atoms with van der Waals surface area (Å²) in [5, 5.41) is 9.07. The summed E-state index contributed by atoms with van der Waals surface area (Å²) in [5.74, 6) is -0.120. The molecule has 0 bridgehead atoms. The van der Waals surface area contributed by atoms with Crippen molar-refractivity contribution in [3.8, 4) is 11.8 Å². The Kier molecular flexibility index (Phi) is 7.98. The van der Waals surface area contributed by atoms with Crippen LogP contribution in [0.2, 0.25) is 0 Å². The second kappa shape index (κ2) is 11.6. The fourth-order valence-electron chi connectivity index (χ4n) is 6.10. The fraction of sp³-hybridized carbons (Fsp3) is 0.364. The van der Waals surface area contributed by atoms with Crippen LogP contribution in [0.4, 0.5) is 14.9 Å². The number of halogens is 1. The molecule has 0 saturated carbocycles. The van der Waals surface area contributed by atoms with Crippen LogP contribution in [0.1, 0.15) is 36.5 Å². The number of rotatable bonds is 5. The number of anilines is 1. The lowest BCUT2D eigenvalue weighted by molar-refractivity contribution is -0.135. The topological polar surface area (TPSA) is 76.9 Å². The van der Waals surface area contributed by atoms with Gasteiger partial charge in [-0.2, -0.15) is 5.26 Å². The molecule has 0 aliphatic carbocycles. The third-order valence-electron chi connectivity index (χ3n) is 8.65. The van der Waals surface area contributed by atoms with Crippen LogP contribution in [-0.4, -0.2) is 61.1 Å². The van der Waals surface area contributed by atoms with Crippen molar-refractivity contribution in [3.63, 3.8) is 0 Å². The molecule has 0 N–H and O–H groups in total. The molecule has 3 aromatic carbocycles. The molecule has 212 valence electrons. The Bertz CT molecular complexity index is 1430. The van der Waals surface area contributed by atoms with Crippen LogP contribution in [0.3, 0.4) is 0 Å². The Morgan fingerprint density at radius 3 is 2.24 bits per heavy atom. The predicted octanol–water partition coefficient (Wildman–Crippen LogP) is 5.52. The zero-order chi connectivity index (χ0) is 29.1. The van der Waals surface area contributed by atoms with E-state index in [0.717, 1.165) is 42.7 Å². The van der Waals surface area contributed by atoms with Gasteiger partial charge in [0.15, 0.2) is 0 Å². The van der Waals surface area contributed by atoms with Crippen LogP contribution in [0, 0.1) is 30.0 Å². The summed E-state index contributed by atoms with van der Waals surface area (Å²) in [6.45, 7) is 6.55. The number of hydrogen-bond donors (Lipinski definition) is 0. The summed E-state index contributed by atoms with van der Waals surface area (Å²) < 4.78 is 18.9.